The van der Waals surface area contributed by atoms with Gasteiger partial charge in [-0.05, 0) is 12.1 Å². The quantitative estimate of drug-likeness (QED) is 0.858. The predicted molar refractivity (Wildman–Crippen MR) is 63.6 cm³/mol. The van der Waals surface area contributed by atoms with Gasteiger partial charge in [-0.2, -0.15) is 0 Å². The third kappa shape index (κ3) is 2.29. The van der Waals surface area contributed by atoms with Crippen molar-refractivity contribution < 1.29 is 14.3 Å². The van der Waals surface area contributed by atoms with E-state index in [0.717, 1.165) is 5.33 Å². The zero-order valence-electron chi connectivity index (χ0n) is 8.66. The molecule has 0 saturated carbocycles. The molecular formula is C11H12BrNO3. The maximum atomic E-state index is 11.8. The number of hydrogen-bond donors (Lipinski definition) is 1. The maximum Gasteiger partial charge on any atom is 0.255 e. The lowest BCUT2D eigenvalue weighted by Crippen LogP contribution is -2.27. The lowest BCUT2D eigenvalue weighted by Gasteiger charge is -2.20. The van der Waals surface area contributed by atoms with Gasteiger partial charge in [-0.15, -0.1) is 0 Å². The molecule has 0 atom stereocenters. The first kappa shape index (κ1) is 11.3. The van der Waals surface area contributed by atoms with Gasteiger partial charge < -0.3 is 14.8 Å². The second-order valence-electron chi connectivity index (χ2n) is 3.27. The molecule has 0 spiro atoms. The lowest BCUT2D eigenvalue weighted by molar-refractivity contribution is 0.0945. The normalized spacial score (nSPS) is 13.3. The molecule has 0 radical (unpaired) electrons. The van der Waals surface area contributed by atoms with Gasteiger partial charge in [0.05, 0.1) is 5.56 Å². The van der Waals surface area contributed by atoms with Crippen molar-refractivity contribution in [2.75, 3.05) is 25.1 Å². The monoisotopic (exact) mass is 285 g/mol. The number of hydrogen-bond acceptors (Lipinski definition) is 3. The molecule has 1 aromatic rings. The van der Waals surface area contributed by atoms with Gasteiger partial charge in [0.15, 0.2) is 11.5 Å². The number of fused-ring (bicyclic) bond motifs is 1. The summed E-state index contributed by atoms with van der Waals surface area (Å²) in [6.45, 7) is 1.60. The standard InChI is InChI=1S/C11H12BrNO3/c12-4-5-13-11(14)8-2-1-3-9-10(8)16-7-6-15-9/h1-3H,4-7H2,(H,13,14). The van der Waals surface area contributed by atoms with E-state index in [-0.39, 0.29) is 5.91 Å². The minimum absolute atomic E-state index is 0.137. The van der Waals surface area contributed by atoms with E-state index in [2.05, 4.69) is 21.2 Å². The first-order valence-electron chi connectivity index (χ1n) is 5.05. The van der Waals surface area contributed by atoms with Crippen molar-refractivity contribution in [3.63, 3.8) is 0 Å². The number of carbonyl (C=O) groups is 1. The number of benzene rings is 1. The Balaban J connectivity index is 2.23. The molecule has 0 aliphatic carbocycles. The molecule has 5 heteroatoms. The Hall–Kier alpha value is -1.23. The average molecular weight is 286 g/mol. The average Bonchev–Trinajstić information content (AvgIpc) is 2.35. The molecule has 1 aliphatic rings. The second-order valence-corrected chi connectivity index (χ2v) is 4.07. The Morgan fingerprint density at radius 1 is 1.38 bits per heavy atom. The third-order valence-electron chi connectivity index (χ3n) is 2.19. The molecule has 1 aromatic carbocycles. The van der Waals surface area contributed by atoms with Crippen LogP contribution in [-0.4, -0.2) is 31.0 Å². The minimum Gasteiger partial charge on any atom is -0.486 e. The van der Waals surface area contributed by atoms with Crippen molar-refractivity contribution in [2.24, 2.45) is 0 Å². The molecule has 2 rings (SSSR count). The van der Waals surface area contributed by atoms with E-state index in [0.29, 0.717) is 36.8 Å². The van der Waals surface area contributed by atoms with E-state index in [4.69, 9.17) is 9.47 Å². The molecule has 1 heterocycles. The van der Waals surface area contributed by atoms with Crippen LogP contribution in [0.5, 0.6) is 11.5 Å². The first-order chi connectivity index (χ1) is 7.83. The summed E-state index contributed by atoms with van der Waals surface area (Å²) in [7, 11) is 0. The van der Waals surface area contributed by atoms with Gasteiger partial charge in [-0.25, -0.2) is 0 Å². The molecule has 0 bridgehead atoms. The fourth-order valence-electron chi connectivity index (χ4n) is 1.51. The van der Waals surface area contributed by atoms with Crippen LogP contribution in [0.25, 0.3) is 0 Å². The number of amides is 1. The minimum atomic E-state index is -0.137. The highest BCUT2D eigenvalue weighted by molar-refractivity contribution is 9.09. The van der Waals surface area contributed by atoms with Crippen molar-refractivity contribution in [1.82, 2.24) is 5.32 Å². The summed E-state index contributed by atoms with van der Waals surface area (Å²) in [4.78, 5) is 11.8. The Morgan fingerprint density at radius 2 is 2.19 bits per heavy atom. The van der Waals surface area contributed by atoms with Crippen molar-refractivity contribution >= 4 is 21.8 Å². The first-order valence-corrected chi connectivity index (χ1v) is 6.18. The van der Waals surface area contributed by atoms with Crippen molar-refractivity contribution in [2.45, 2.75) is 0 Å². The summed E-state index contributed by atoms with van der Waals surface area (Å²) < 4.78 is 10.9. The molecule has 86 valence electrons. The number of alkyl halides is 1. The fourth-order valence-corrected chi connectivity index (χ4v) is 1.71. The Kier molecular flexibility index (Phi) is 3.66. The molecule has 4 nitrogen and oxygen atoms in total. The van der Waals surface area contributed by atoms with E-state index in [9.17, 15) is 4.79 Å². The molecule has 0 aromatic heterocycles. The highest BCUT2D eigenvalue weighted by atomic mass is 79.9. The van der Waals surface area contributed by atoms with E-state index in [1.54, 1.807) is 18.2 Å². The number of halogens is 1. The molecule has 1 amide bonds. The van der Waals surface area contributed by atoms with Crippen LogP contribution in [0.15, 0.2) is 18.2 Å². The highest BCUT2D eigenvalue weighted by Crippen LogP contribution is 2.33. The van der Waals surface area contributed by atoms with Gasteiger partial charge in [0.1, 0.15) is 13.2 Å². The van der Waals surface area contributed by atoms with Gasteiger partial charge in [0.2, 0.25) is 0 Å². The number of ether oxygens (including phenoxy) is 2. The Morgan fingerprint density at radius 3 is 3.00 bits per heavy atom. The number of carbonyl (C=O) groups excluding carboxylic acids is 1. The van der Waals surface area contributed by atoms with Gasteiger partial charge in [-0.3, -0.25) is 4.79 Å². The molecule has 0 fully saturated rings. The fraction of sp³-hybridized carbons (Fsp3) is 0.364. The zero-order valence-corrected chi connectivity index (χ0v) is 10.2. The van der Waals surface area contributed by atoms with E-state index < -0.39 is 0 Å². The summed E-state index contributed by atoms with van der Waals surface area (Å²) >= 11 is 3.25. The van der Waals surface area contributed by atoms with E-state index in [1.165, 1.54) is 0 Å². The number of rotatable bonds is 3. The van der Waals surface area contributed by atoms with E-state index in [1.807, 2.05) is 0 Å². The molecular weight excluding hydrogens is 274 g/mol. The van der Waals surface area contributed by atoms with Crippen molar-refractivity contribution in [1.29, 1.82) is 0 Å². The van der Waals surface area contributed by atoms with Gasteiger partial charge in [0, 0.05) is 11.9 Å². The lowest BCUT2D eigenvalue weighted by atomic mass is 10.1. The topological polar surface area (TPSA) is 47.6 Å². The highest BCUT2D eigenvalue weighted by Gasteiger charge is 2.19. The SMILES string of the molecule is O=C(NCCBr)c1cccc2c1OCCO2. The zero-order chi connectivity index (χ0) is 11.4. The van der Waals surface area contributed by atoms with Crippen LogP contribution in [0.1, 0.15) is 10.4 Å². The van der Waals surface area contributed by atoms with Crippen LogP contribution in [0.2, 0.25) is 0 Å². The summed E-state index contributed by atoms with van der Waals surface area (Å²) in [6, 6.07) is 5.32. The summed E-state index contributed by atoms with van der Waals surface area (Å²) in [5.41, 5.74) is 0.526. The van der Waals surface area contributed by atoms with Gasteiger partial charge >= 0.3 is 0 Å². The van der Waals surface area contributed by atoms with Crippen molar-refractivity contribution in [3.05, 3.63) is 23.8 Å². The van der Waals surface area contributed by atoms with Crippen molar-refractivity contribution in [3.8, 4) is 11.5 Å². The van der Waals surface area contributed by atoms with Gasteiger partial charge in [-0.1, -0.05) is 22.0 Å². The molecule has 16 heavy (non-hydrogen) atoms. The smallest absolute Gasteiger partial charge is 0.255 e. The van der Waals surface area contributed by atoms with Gasteiger partial charge in [0.25, 0.3) is 5.91 Å². The Labute approximate surface area is 102 Å². The van der Waals surface area contributed by atoms with Crippen LogP contribution < -0.4 is 14.8 Å². The second kappa shape index (κ2) is 5.21. The van der Waals surface area contributed by atoms with Crippen LogP contribution in [0, 0.1) is 0 Å². The predicted octanol–water partition coefficient (Wildman–Crippen LogP) is 1.58. The molecule has 1 N–H and O–H groups in total. The Bertz CT molecular complexity index is 395. The van der Waals surface area contributed by atoms with Crippen LogP contribution in [0.3, 0.4) is 0 Å². The largest absolute Gasteiger partial charge is 0.486 e. The third-order valence-corrected chi connectivity index (χ3v) is 2.59. The van der Waals surface area contributed by atoms with Crippen LogP contribution >= 0.6 is 15.9 Å². The number of para-hydroxylation sites is 1. The number of nitrogens with one attached hydrogen (secondary N) is 1. The molecule has 0 unspecified atom stereocenters. The maximum absolute atomic E-state index is 11.8. The summed E-state index contributed by atoms with van der Waals surface area (Å²) in [6.07, 6.45) is 0. The molecule has 0 saturated heterocycles. The summed E-state index contributed by atoms with van der Waals surface area (Å²) in [5.74, 6) is 1.04. The van der Waals surface area contributed by atoms with Crippen LogP contribution in [-0.2, 0) is 0 Å². The van der Waals surface area contributed by atoms with Crippen LogP contribution in [0.4, 0.5) is 0 Å². The summed E-state index contributed by atoms with van der Waals surface area (Å²) in [5, 5.41) is 3.50. The molecule has 1 aliphatic heterocycles. The van der Waals surface area contributed by atoms with E-state index >= 15 is 0 Å².